The molecule has 0 atom stereocenters. The minimum atomic E-state index is -0.985. The maximum Gasteiger partial charge on any atom is 0.341 e. The zero-order chi connectivity index (χ0) is 23.8. The first-order valence-electron chi connectivity index (χ1n) is 11.4. The fourth-order valence-electron chi connectivity index (χ4n) is 3.83. The number of thioether (sulfide) groups is 1. The highest BCUT2D eigenvalue weighted by atomic mass is 32.2. The smallest absolute Gasteiger partial charge is 0.341 e. The predicted octanol–water partition coefficient (Wildman–Crippen LogP) is 7.08. The molecule has 0 radical (unpaired) electrons. The van der Waals surface area contributed by atoms with Crippen LogP contribution in [-0.4, -0.2) is 30.0 Å². The summed E-state index contributed by atoms with van der Waals surface area (Å²) in [5, 5.41) is 9.87. The molecule has 0 unspecified atom stereocenters. The van der Waals surface area contributed by atoms with Crippen molar-refractivity contribution in [3.05, 3.63) is 78.6 Å². The zero-order valence-electron chi connectivity index (χ0n) is 19.2. The molecule has 0 fully saturated rings. The minimum absolute atomic E-state index is 0.338. The third-order valence-electron chi connectivity index (χ3n) is 5.37. The van der Waals surface area contributed by atoms with Crippen LogP contribution in [0.15, 0.2) is 82.3 Å². The Morgan fingerprint density at radius 3 is 2.68 bits per heavy atom. The molecule has 34 heavy (non-hydrogen) atoms. The van der Waals surface area contributed by atoms with Crippen LogP contribution in [-0.2, 0) is 11.2 Å². The molecular weight excluding hydrogens is 448 g/mol. The summed E-state index contributed by atoms with van der Waals surface area (Å²) < 4.78 is 17.5. The number of benzene rings is 3. The Bertz CT molecular complexity index is 1230. The van der Waals surface area contributed by atoms with Crippen molar-refractivity contribution < 1.29 is 23.8 Å². The third-order valence-corrected chi connectivity index (χ3v) is 6.45. The lowest BCUT2D eigenvalue weighted by molar-refractivity contribution is -0.139. The van der Waals surface area contributed by atoms with Crippen molar-refractivity contribution in [2.45, 2.75) is 31.1 Å². The molecule has 4 rings (SSSR count). The molecule has 0 saturated carbocycles. The van der Waals surface area contributed by atoms with E-state index in [4.69, 9.17) is 19.0 Å². The Morgan fingerprint density at radius 2 is 1.88 bits per heavy atom. The van der Waals surface area contributed by atoms with Crippen LogP contribution in [0.3, 0.4) is 0 Å². The number of hydrogen-bond donors (Lipinski definition) is 1. The lowest BCUT2D eigenvalue weighted by Gasteiger charge is -2.12. The van der Waals surface area contributed by atoms with Gasteiger partial charge in [-0.3, -0.25) is 0 Å². The monoisotopic (exact) mass is 476 g/mol. The first kappa shape index (κ1) is 23.8. The second kappa shape index (κ2) is 11.7. The second-order valence-corrected chi connectivity index (χ2v) is 9.06. The quantitative estimate of drug-likeness (QED) is 0.174. The average Bonchev–Trinajstić information content (AvgIpc) is 3.29. The number of fused-ring (bicyclic) bond motifs is 1. The van der Waals surface area contributed by atoms with Crippen molar-refractivity contribution in [2.75, 3.05) is 19.0 Å². The Kier molecular flexibility index (Phi) is 8.15. The first-order valence-corrected chi connectivity index (χ1v) is 12.4. The van der Waals surface area contributed by atoms with Crippen molar-refractivity contribution in [3.8, 4) is 22.6 Å². The van der Waals surface area contributed by atoms with E-state index in [-0.39, 0.29) is 6.61 Å². The summed E-state index contributed by atoms with van der Waals surface area (Å²) in [5.41, 5.74) is 4.28. The fourth-order valence-corrected chi connectivity index (χ4v) is 4.70. The van der Waals surface area contributed by atoms with Gasteiger partial charge in [-0.05, 0) is 48.7 Å². The molecule has 0 aliphatic heterocycles. The lowest BCUT2D eigenvalue weighted by atomic mass is 10.0. The Morgan fingerprint density at radius 1 is 1.03 bits per heavy atom. The van der Waals surface area contributed by atoms with Gasteiger partial charge in [-0.2, -0.15) is 0 Å². The summed E-state index contributed by atoms with van der Waals surface area (Å²) in [6.07, 6.45) is 4.62. The Hall–Kier alpha value is -3.38. The summed E-state index contributed by atoms with van der Waals surface area (Å²) in [4.78, 5) is 11.7. The topological polar surface area (TPSA) is 68.9 Å². The van der Waals surface area contributed by atoms with Crippen LogP contribution in [0.4, 0.5) is 0 Å². The molecule has 5 nitrogen and oxygen atoms in total. The van der Waals surface area contributed by atoms with Crippen LogP contribution in [0, 0.1) is 0 Å². The summed E-state index contributed by atoms with van der Waals surface area (Å²) in [7, 11) is 0. The maximum atomic E-state index is 10.7. The molecule has 1 aromatic heterocycles. The third kappa shape index (κ3) is 5.94. The molecule has 176 valence electrons. The van der Waals surface area contributed by atoms with Gasteiger partial charge in [0.05, 0.1) is 12.9 Å². The van der Waals surface area contributed by atoms with Crippen LogP contribution in [0.25, 0.3) is 22.1 Å². The number of furan rings is 1. The summed E-state index contributed by atoms with van der Waals surface area (Å²) in [6, 6.07) is 21.9. The second-order valence-electron chi connectivity index (χ2n) is 7.89. The van der Waals surface area contributed by atoms with Gasteiger partial charge in [-0.25, -0.2) is 4.79 Å². The van der Waals surface area contributed by atoms with Crippen LogP contribution in [0.5, 0.6) is 11.5 Å². The van der Waals surface area contributed by atoms with Crippen molar-refractivity contribution in [1.82, 2.24) is 0 Å². The van der Waals surface area contributed by atoms with Gasteiger partial charge >= 0.3 is 5.97 Å². The van der Waals surface area contributed by atoms with Gasteiger partial charge in [-0.15, -0.1) is 11.8 Å². The van der Waals surface area contributed by atoms with Gasteiger partial charge in [0.25, 0.3) is 0 Å². The van der Waals surface area contributed by atoms with E-state index in [0.29, 0.717) is 12.4 Å². The molecule has 0 aliphatic carbocycles. The van der Waals surface area contributed by atoms with Crippen molar-refractivity contribution in [3.63, 3.8) is 0 Å². The SMILES string of the molecule is CCCc1c(OCCCSc2cccc(OCC(=O)O)c2)ccc2c(-c3ccccc3)coc12. The van der Waals surface area contributed by atoms with Crippen LogP contribution in [0.2, 0.25) is 0 Å². The Balaban J connectivity index is 1.37. The number of aliphatic carboxylic acids is 1. The number of rotatable bonds is 12. The molecule has 3 aromatic carbocycles. The van der Waals surface area contributed by atoms with Crippen molar-refractivity contribution in [2.24, 2.45) is 0 Å². The van der Waals surface area contributed by atoms with Gasteiger partial charge in [0.1, 0.15) is 17.1 Å². The van der Waals surface area contributed by atoms with E-state index < -0.39 is 5.97 Å². The standard InChI is InChI=1S/C28H28O5S/c1-2-8-24-26(14-13-23-25(18-33-28(23)24)20-9-4-3-5-10-20)31-15-7-16-34-22-12-6-11-21(17-22)32-19-27(29)30/h3-6,9-14,17-18H,2,7-8,15-16,19H2,1H3,(H,29,30). The summed E-state index contributed by atoms with van der Waals surface area (Å²) >= 11 is 1.70. The van der Waals surface area contributed by atoms with E-state index in [9.17, 15) is 4.79 Å². The molecule has 6 heteroatoms. The van der Waals surface area contributed by atoms with Gasteiger partial charge in [-0.1, -0.05) is 49.7 Å². The van der Waals surface area contributed by atoms with E-state index >= 15 is 0 Å². The number of hydrogen-bond acceptors (Lipinski definition) is 5. The number of carboxylic acid groups (broad SMARTS) is 1. The van der Waals surface area contributed by atoms with Crippen LogP contribution in [0.1, 0.15) is 25.3 Å². The highest BCUT2D eigenvalue weighted by Gasteiger charge is 2.15. The molecule has 0 saturated heterocycles. The van der Waals surface area contributed by atoms with E-state index in [1.807, 2.05) is 42.7 Å². The van der Waals surface area contributed by atoms with Crippen LogP contribution >= 0.6 is 11.8 Å². The van der Waals surface area contributed by atoms with Gasteiger partial charge in [0.15, 0.2) is 6.61 Å². The Labute approximate surface area is 203 Å². The van der Waals surface area contributed by atoms with E-state index in [1.54, 1.807) is 17.8 Å². The average molecular weight is 477 g/mol. The largest absolute Gasteiger partial charge is 0.493 e. The van der Waals surface area contributed by atoms with Gasteiger partial charge < -0.3 is 19.0 Å². The normalized spacial score (nSPS) is 11.0. The lowest BCUT2D eigenvalue weighted by Crippen LogP contribution is -2.09. The molecule has 1 N–H and O–H groups in total. The molecule has 4 aromatic rings. The van der Waals surface area contributed by atoms with Gasteiger partial charge in [0, 0.05) is 27.2 Å². The maximum absolute atomic E-state index is 10.7. The van der Waals surface area contributed by atoms with E-state index in [2.05, 4.69) is 31.2 Å². The fraction of sp³-hybridized carbons (Fsp3) is 0.250. The summed E-state index contributed by atoms with van der Waals surface area (Å²) in [5.74, 6) is 1.35. The molecule has 0 bridgehead atoms. The molecule has 0 amide bonds. The number of carbonyl (C=O) groups is 1. The van der Waals surface area contributed by atoms with Gasteiger partial charge in [0.2, 0.25) is 0 Å². The van der Waals surface area contributed by atoms with Crippen molar-refractivity contribution >= 4 is 28.7 Å². The first-order chi connectivity index (χ1) is 16.7. The molecular formula is C28H28O5S. The number of carboxylic acids is 1. The predicted molar refractivity (Wildman–Crippen MR) is 136 cm³/mol. The minimum Gasteiger partial charge on any atom is -0.493 e. The van der Waals surface area contributed by atoms with E-state index in [1.165, 1.54) is 0 Å². The molecule has 0 aliphatic rings. The van der Waals surface area contributed by atoms with E-state index in [0.717, 1.165) is 63.3 Å². The van der Waals surface area contributed by atoms with Crippen LogP contribution < -0.4 is 9.47 Å². The number of ether oxygens (including phenoxy) is 2. The summed E-state index contributed by atoms with van der Waals surface area (Å²) in [6.45, 7) is 2.43. The molecule has 1 heterocycles. The number of aryl methyl sites for hydroxylation is 1. The highest BCUT2D eigenvalue weighted by molar-refractivity contribution is 7.99. The van der Waals surface area contributed by atoms with Crippen molar-refractivity contribution in [1.29, 1.82) is 0 Å². The zero-order valence-corrected chi connectivity index (χ0v) is 20.0. The molecule has 0 spiro atoms. The highest BCUT2D eigenvalue weighted by Crippen LogP contribution is 2.37.